The van der Waals surface area contributed by atoms with Gasteiger partial charge in [-0.2, -0.15) is 18.4 Å². The molecule has 3 N–H and O–H groups in total. The Hall–Kier alpha value is -3.47. The van der Waals surface area contributed by atoms with E-state index in [0.717, 1.165) is 30.3 Å². The number of alkyl halides is 3. The van der Waals surface area contributed by atoms with Crippen LogP contribution in [-0.4, -0.2) is 12.4 Å². The number of anilines is 1. The van der Waals surface area contributed by atoms with Crippen LogP contribution in [0.5, 0.6) is 0 Å². The molecule has 162 valence electrons. The van der Waals surface area contributed by atoms with Crippen molar-refractivity contribution in [3.8, 4) is 6.07 Å². The molecule has 0 spiro atoms. The number of nitrogens with one attached hydrogen (secondary N) is 3. The summed E-state index contributed by atoms with van der Waals surface area (Å²) < 4.78 is 40.4. The maximum atomic E-state index is 13.5. The van der Waals surface area contributed by atoms with Gasteiger partial charge < -0.3 is 16.0 Å². The molecule has 0 bridgehead atoms. The highest BCUT2D eigenvalue weighted by molar-refractivity contribution is 5.95. The molecule has 0 saturated heterocycles. The van der Waals surface area contributed by atoms with Crippen LogP contribution in [0.2, 0.25) is 0 Å². The van der Waals surface area contributed by atoms with Crippen LogP contribution in [0.15, 0.2) is 65.3 Å². The third-order valence-electron chi connectivity index (χ3n) is 4.88. The van der Waals surface area contributed by atoms with Crippen LogP contribution in [0.3, 0.4) is 0 Å². The van der Waals surface area contributed by atoms with Crippen molar-refractivity contribution in [3.05, 3.63) is 77.0 Å². The van der Waals surface area contributed by atoms with Gasteiger partial charge in [0.2, 0.25) is 0 Å². The van der Waals surface area contributed by atoms with Crippen molar-refractivity contribution in [3.63, 3.8) is 0 Å². The molecule has 2 unspecified atom stereocenters. The second kappa shape index (κ2) is 9.56. The van der Waals surface area contributed by atoms with E-state index in [9.17, 15) is 18.4 Å². The molecule has 2 atom stereocenters. The number of nitrogens with zero attached hydrogens (tertiary/aromatic N) is 2. The minimum Gasteiger partial charge on any atom is -0.385 e. The maximum absolute atomic E-state index is 13.5. The largest absolute Gasteiger partial charge is 0.416 e. The molecule has 2 aromatic rings. The predicted molar refractivity (Wildman–Crippen MR) is 115 cm³/mol. The smallest absolute Gasteiger partial charge is 0.385 e. The van der Waals surface area contributed by atoms with Gasteiger partial charge in [0.25, 0.3) is 0 Å². The zero-order valence-electron chi connectivity index (χ0n) is 17.3. The molecule has 0 aliphatic carbocycles. The van der Waals surface area contributed by atoms with E-state index >= 15 is 0 Å². The second-order valence-corrected chi connectivity index (χ2v) is 7.20. The Morgan fingerprint density at radius 2 is 1.87 bits per heavy atom. The highest BCUT2D eigenvalue weighted by Gasteiger charge is 2.35. The van der Waals surface area contributed by atoms with Crippen molar-refractivity contribution >= 4 is 11.5 Å². The number of amidine groups is 1. The van der Waals surface area contributed by atoms with Gasteiger partial charge in [-0.1, -0.05) is 43.3 Å². The Balaban J connectivity index is 1.90. The van der Waals surface area contributed by atoms with Gasteiger partial charge in [-0.3, -0.25) is 0 Å². The van der Waals surface area contributed by atoms with Gasteiger partial charge in [0.1, 0.15) is 23.8 Å². The lowest BCUT2D eigenvalue weighted by Crippen LogP contribution is -2.33. The van der Waals surface area contributed by atoms with Gasteiger partial charge >= 0.3 is 6.18 Å². The number of rotatable bonds is 6. The molecule has 1 aliphatic rings. The first kappa shape index (κ1) is 22.2. The third-order valence-corrected chi connectivity index (χ3v) is 4.88. The molecule has 1 aliphatic heterocycles. The first-order valence-corrected chi connectivity index (χ1v) is 10.0. The van der Waals surface area contributed by atoms with Gasteiger partial charge in [-0.15, -0.1) is 0 Å². The van der Waals surface area contributed by atoms with E-state index in [1.165, 1.54) is 24.3 Å². The van der Waals surface area contributed by atoms with Crippen LogP contribution in [0.4, 0.5) is 18.9 Å². The van der Waals surface area contributed by atoms with Crippen LogP contribution in [-0.2, 0) is 6.18 Å². The van der Waals surface area contributed by atoms with Crippen LogP contribution in [0, 0.1) is 11.3 Å². The van der Waals surface area contributed by atoms with Gasteiger partial charge in [0, 0.05) is 23.9 Å². The van der Waals surface area contributed by atoms with E-state index in [2.05, 4.69) is 27.9 Å². The Morgan fingerprint density at radius 1 is 1.16 bits per heavy atom. The number of hydrogen-bond acceptors (Lipinski definition) is 5. The summed E-state index contributed by atoms with van der Waals surface area (Å²) >= 11 is 0. The molecule has 0 fully saturated rings. The van der Waals surface area contributed by atoms with Gasteiger partial charge in [-0.25, -0.2) is 4.99 Å². The lowest BCUT2D eigenvalue weighted by Gasteiger charge is -2.26. The van der Waals surface area contributed by atoms with Crippen molar-refractivity contribution in [2.24, 2.45) is 4.99 Å². The van der Waals surface area contributed by atoms with Gasteiger partial charge in [-0.05, 0) is 31.0 Å². The monoisotopic (exact) mass is 427 g/mol. The highest BCUT2D eigenvalue weighted by Crippen LogP contribution is 2.35. The topological polar surface area (TPSA) is 72.2 Å². The first-order valence-electron chi connectivity index (χ1n) is 10.0. The van der Waals surface area contributed by atoms with Crippen LogP contribution >= 0.6 is 0 Å². The Labute approximate surface area is 179 Å². The summed E-state index contributed by atoms with van der Waals surface area (Å²) in [5, 5.41) is 18.8. The summed E-state index contributed by atoms with van der Waals surface area (Å²) in [4.78, 5) is 4.43. The molecule has 0 aromatic heterocycles. The normalized spacial score (nSPS) is 17.0. The van der Waals surface area contributed by atoms with Gasteiger partial charge in [0.05, 0.1) is 11.6 Å². The number of hydrogen-bond donors (Lipinski definition) is 3. The molecule has 2 aromatic carbocycles. The first-order chi connectivity index (χ1) is 14.8. The maximum Gasteiger partial charge on any atom is 0.416 e. The zero-order chi connectivity index (χ0) is 22.4. The molecule has 3 rings (SSSR count). The number of halogens is 3. The molecular weight excluding hydrogens is 403 g/mol. The average Bonchev–Trinajstić information content (AvgIpc) is 2.77. The quantitative estimate of drug-likeness (QED) is 0.586. The van der Waals surface area contributed by atoms with Crippen molar-refractivity contribution in [1.82, 2.24) is 10.6 Å². The lowest BCUT2D eigenvalue weighted by molar-refractivity contribution is -0.138. The summed E-state index contributed by atoms with van der Waals surface area (Å²) in [6.45, 7) is 4.84. The fourth-order valence-electron chi connectivity index (χ4n) is 3.41. The van der Waals surface area contributed by atoms with Crippen molar-refractivity contribution < 1.29 is 13.2 Å². The van der Waals surface area contributed by atoms with Crippen LogP contribution in [0.1, 0.15) is 49.2 Å². The van der Waals surface area contributed by atoms with Crippen LogP contribution in [0.25, 0.3) is 0 Å². The van der Waals surface area contributed by atoms with E-state index in [1.807, 2.05) is 37.3 Å². The molecule has 1 heterocycles. The Kier molecular flexibility index (Phi) is 6.85. The third kappa shape index (κ3) is 5.37. The number of para-hydroxylation sites is 1. The van der Waals surface area contributed by atoms with E-state index in [-0.39, 0.29) is 17.3 Å². The second-order valence-electron chi connectivity index (χ2n) is 7.20. The Morgan fingerprint density at radius 3 is 2.58 bits per heavy atom. The standard InChI is InChI=1S/C23H24F3N5/c1-3-12-28-20-11-7-5-8-17(20)15(2)29-21-13-16(14-27)30-22(31-21)18-9-4-6-10-19(18)23(24,25)26/h4-11,13,15,22,28,30H,3,12H2,1-2H3,(H,29,31). The highest BCUT2D eigenvalue weighted by atomic mass is 19.4. The fraction of sp³-hybridized carbons (Fsp3) is 0.304. The molecule has 0 radical (unpaired) electrons. The average molecular weight is 427 g/mol. The number of aliphatic imine (C=N–C) groups is 1. The lowest BCUT2D eigenvalue weighted by atomic mass is 10.0. The van der Waals surface area contributed by atoms with Crippen molar-refractivity contribution in [2.45, 2.75) is 38.7 Å². The summed E-state index contributed by atoms with van der Waals surface area (Å²) in [6, 6.07) is 14.9. The van der Waals surface area contributed by atoms with Crippen molar-refractivity contribution in [1.29, 1.82) is 5.26 Å². The summed E-state index contributed by atoms with van der Waals surface area (Å²) in [5.74, 6) is 0.343. The molecule has 0 amide bonds. The summed E-state index contributed by atoms with van der Waals surface area (Å²) in [5.41, 5.74) is 1.30. The minimum absolute atomic E-state index is 0.0344. The zero-order valence-corrected chi connectivity index (χ0v) is 17.3. The molecule has 8 heteroatoms. The fourth-order valence-corrected chi connectivity index (χ4v) is 3.41. The number of nitriles is 1. The minimum atomic E-state index is -4.52. The summed E-state index contributed by atoms with van der Waals surface area (Å²) in [7, 11) is 0. The van der Waals surface area contributed by atoms with E-state index in [4.69, 9.17) is 0 Å². The molecular formula is C23H24F3N5. The van der Waals surface area contributed by atoms with Crippen LogP contribution < -0.4 is 16.0 Å². The predicted octanol–water partition coefficient (Wildman–Crippen LogP) is 5.29. The molecule has 31 heavy (non-hydrogen) atoms. The number of allylic oxidation sites excluding steroid dienone is 1. The Bertz CT molecular complexity index is 1020. The SMILES string of the molecule is CCCNc1ccccc1C(C)NC1=NC(c2ccccc2C(F)(F)F)NC(C#N)=C1. The van der Waals surface area contributed by atoms with E-state index in [1.54, 1.807) is 0 Å². The number of benzene rings is 2. The summed E-state index contributed by atoms with van der Waals surface area (Å²) in [6.07, 6.45) is -3.07. The van der Waals surface area contributed by atoms with Crippen molar-refractivity contribution in [2.75, 3.05) is 11.9 Å². The van der Waals surface area contributed by atoms with Gasteiger partial charge in [0.15, 0.2) is 0 Å². The molecule has 0 saturated carbocycles. The molecule has 5 nitrogen and oxygen atoms in total. The van der Waals surface area contributed by atoms with E-state index in [0.29, 0.717) is 5.84 Å². The van der Waals surface area contributed by atoms with E-state index < -0.39 is 17.9 Å².